The van der Waals surface area contributed by atoms with Gasteiger partial charge in [-0.1, -0.05) is 11.6 Å². The van der Waals surface area contributed by atoms with Crippen LogP contribution < -0.4 is 11.3 Å². The zero-order chi connectivity index (χ0) is 12.4. The molecule has 0 aromatic carbocycles. The van der Waals surface area contributed by atoms with Crippen molar-refractivity contribution < 1.29 is 4.42 Å². The van der Waals surface area contributed by atoms with E-state index < -0.39 is 0 Å². The van der Waals surface area contributed by atoms with Gasteiger partial charge in [0.15, 0.2) is 0 Å². The molecule has 0 aliphatic heterocycles. The summed E-state index contributed by atoms with van der Waals surface area (Å²) in [6, 6.07) is 3.47. The number of hydrazine groups is 1. The van der Waals surface area contributed by atoms with Crippen LogP contribution in [0.15, 0.2) is 22.7 Å². The number of hydrogen-bond acceptors (Lipinski definition) is 4. The van der Waals surface area contributed by atoms with Gasteiger partial charge < -0.3 is 4.42 Å². The fourth-order valence-electron chi connectivity index (χ4n) is 1.82. The van der Waals surface area contributed by atoms with Gasteiger partial charge in [0.05, 0.1) is 16.9 Å². The molecule has 2 aromatic rings. The number of nitrogens with two attached hydrogens (primary N) is 1. The molecule has 1 atom stereocenters. The summed E-state index contributed by atoms with van der Waals surface area (Å²) in [7, 11) is 0. The average Bonchev–Trinajstić information content (AvgIpc) is 2.89. The molecule has 6 heteroatoms. The molecular weight excluding hydrogens is 240 g/mol. The maximum atomic E-state index is 6.13. The van der Waals surface area contributed by atoms with Crippen LogP contribution in [-0.4, -0.2) is 9.78 Å². The Morgan fingerprint density at radius 1 is 1.59 bits per heavy atom. The highest BCUT2D eigenvalue weighted by atomic mass is 35.5. The van der Waals surface area contributed by atoms with Crippen LogP contribution in [0.1, 0.15) is 30.2 Å². The van der Waals surface area contributed by atoms with Crippen molar-refractivity contribution in [1.82, 2.24) is 15.2 Å². The van der Waals surface area contributed by atoms with Gasteiger partial charge in [-0.25, -0.2) is 5.43 Å². The second kappa shape index (κ2) is 4.91. The second-order valence-corrected chi connectivity index (χ2v) is 4.15. The van der Waals surface area contributed by atoms with Crippen molar-refractivity contribution in [2.45, 2.75) is 26.4 Å². The molecule has 0 aliphatic carbocycles. The van der Waals surface area contributed by atoms with Crippen LogP contribution in [-0.2, 0) is 6.54 Å². The summed E-state index contributed by atoms with van der Waals surface area (Å²) >= 11 is 6.13. The summed E-state index contributed by atoms with van der Waals surface area (Å²) in [5.74, 6) is 7.14. The molecule has 2 heterocycles. The lowest BCUT2D eigenvalue weighted by Gasteiger charge is -2.15. The lowest BCUT2D eigenvalue weighted by atomic mass is 10.1. The number of hydrogen-bond donors (Lipinski definition) is 2. The quantitative estimate of drug-likeness (QED) is 0.647. The van der Waals surface area contributed by atoms with Gasteiger partial charge in [0, 0.05) is 6.54 Å². The van der Waals surface area contributed by atoms with Gasteiger partial charge in [-0.2, -0.15) is 5.10 Å². The number of aromatic nitrogens is 2. The predicted octanol–water partition coefficient (Wildman–Crippen LogP) is 2.01. The van der Waals surface area contributed by atoms with E-state index in [9.17, 15) is 0 Å². The molecule has 3 N–H and O–H groups in total. The first-order valence-electron chi connectivity index (χ1n) is 5.41. The van der Waals surface area contributed by atoms with Crippen molar-refractivity contribution in [3.05, 3.63) is 40.6 Å². The Balaban J connectivity index is 2.44. The summed E-state index contributed by atoms with van der Waals surface area (Å²) in [4.78, 5) is 0. The highest BCUT2D eigenvalue weighted by Gasteiger charge is 2.23. The van der Waals surface area contributed by atoms with E-state index in [2.05, 4.69) is 10.5 Å². The minimum Gasteiger partial charge on any atom is -0.464 e. The number of nitrogens with zero attached hydrogens (tertiary/aromatic N) is 2. The van der Waals surface area contributed by atoms with E-state index in [-0.39, 0.29) is 6.04 Å². The molecule has 17 heavy (non-hydrogen) atoms. The van der Waals surface area contributed by atoms with E-state index in [4.69, 9.17) is 21.9 Å². The molecule has 0 saturated carbocycles. The summed E-state index contributed by atoms with van der Waals surface area (Å²) in [5.41, 5.74) is 3.52. The zero-order valence-corrected chi connectivity index (χ0v) is 10.5. The highest BCUT2D eigenvalue weighted by molar-refractivity contribution is 6.31. The minimum atomic E-state index is -0.293. The summed E-state index contributed by atoms with van der Waals surface area (Å²) < 4.78 is 7.37. The molecule has 0 bridgehead atoms. The number of furan rings is 1. The molecule has 0 amide bonds. The van der Waals surface area contributed by atoms with Crippen molar-refractivity contribution in [3.8, 4) is 0 Å². The van der Waals surface area contributed by atoms with Crippen LogP contribution in [0, 0.1) is 6.92 Å². The summed E-state index contributed by atoms with van der Waals surface area (Å²) in [6.07, 6.45) is 1.61. The van der Waals surface area contributed by atoms with E-state index in [1.807, 2.05) is 26.0 Å². The molecule has 92 valence electrons. The Bertz CT molecular complexity index is 505. The van der Waals surface area contributed by atoms with E-state index in [1.165, 1.54) is 0 Å². The van der Waals surface area contributed by atoms with E-state index in [0.29, 0.717) is 5.02 Å². The van der Waals surface area contributed by atoms with Gasteiger partial charge in [0.1, 0.15) is 17.6 Å². The van der Waals surface area contributed by atoms with Crippen LogP contribution in [0.4, 0.5) is 0 Å². The van der Waals surface area contributed by atoms with Crippen LogP contribution in [0.5, 0.6) is 0 Å². The van der Waals surface area contributed by atoms with Crippen LogP contribution in [0.25, 0.3) is 0 Å². The van der Waals surface area contributed by atoms with Crippen molar-refractivity contribution in [3.63, 3.8) is 0 Å². The first-order valence-corrected chi connectivity index (χ1v) is 5.78. The number of halogens is 1. The maximum absolute atomic E-state index is 6.13. The SMILES string of the molecule is CCn1ncc(Cl)c1C(NN)c1ccc(C)o1. The molecule has 0 saturated heterocycles. The molecule has 2 aromatic heterocycles. The number of nitrogens with one attached hydrogen (secondary N) is 1. The highest BCUT2D eigenvalue weighted by Crippen LogP contribution is 2.28. The van der Waals surface area contributed by atoms with Gasteiger partial charge in [0.25, 0.3) is 0 Å². The van der Waals surface area contributed by atoms with E-state index in [0.717, 1.165) is 23.8 Å². The van der Waals surface area contributed by atoms with E-state index >= 15 is 0 Å². The van der Waals surface area contributed by atoms with Gasteiger partial charge in [0.2, 0.25) is 0 Å². The third-order valence-electron chi connectivity index (χ3n) is 2.62. The molecule has 0 fully saturated rings. The number of rotatable bonds is 4. The average molecular weight is 255 g/mol. The largest absolute Gasteiger partial charge is 0.464 e. The van der Waals surface area contributed by atoms with Crippen LogP contribution in [0.3, 0.4) is 0 Å². The third-order valence-corrected chi connectivity index (χ3v) is 2.91. The Labute approximate surface area is 105 Å². The molecule has 0 spiro atoms. The Morgan fingerprint density at radius 2 is 2.35 bits per heavy atom. The standard InChI is InChI=1S/C11H15ClN4O/c1-3-16-11(8(12)6-14-16)10(15-13)9-5-4-7(2)17-9/h4-6,10,15H,3,13H2,1-2H3. The maximum Gasteiger partial charge on any atom is 0.128 e. The van der Waals surface area contributed by atoms with Crippen LogP contribution >= 0.6 is 11.6 Å². The fraction of sp³-hybridized carbons (Fsp3) is 0.364. The second-order valence-electron chi connectivity index (χ2n) is 3.74. The van der Waals surface area contributed by atoms with Crippen molar-refractivity contribution >= 4 is 11.6 Å². The summed E-state index contributed by atoms with van der Waals surface area (Å²) in [5, 5.41) is 4.76. The van der Waals surface area contributed by atoms with Gasteiger partial charge in [-0.15, -0.1) is 0 Å². The van der Waals surface area contributed by atoms with Crippen LogP contribution in [0.2, 0.25) is 5.02 Å². The molecule has 2 rings (SSSR count). The molecule has 0 aliphatic rings. The van der Waals surface area contributed by atoms with Crippen molar-refractivity contribution in [2.75, 3.05) is 0 Å². The topological polar surface area (TPSA) is 69.0 Å². The monoisotopic (exact) mass is 254 g/mol. The number of aryl methyl sites for hydroxylation is 2. The molecular formula is C11H15ClN4O. The normalized spacial score (nSPS) is 12.9. The van der Waals surface area contributed by atoms with Crippen molar-refractivity contribution in [2.24, 2.45) is 5.84 Å². The first-order chi connectivity index (χ1) is 8.17. The zero-order valence-electron chi connectivity index (χ0n) is 9.77. The molecule has 0 radical (unpaired) electrons. The lowest BCUT2D eigenvalue weighted by Crippen LogP contribution is -2.30. The van der Waals surface area contributed by atoms with Crippen molar-refractivity contribution in [1.29, 1.82) is 0 Å². The molecule has 1 unspecified atom stereocenters. The molecule has 5 nitrogen and oxygen atoms in total. The van der Waals surface area contributed by atoms with E-state index in [1.54, 1.807) is 10.9 Å². The fourth-order valence-corrected chi connectivity index (χ4v) is 2.07. The third kappa shape index (κ3) is 2.22. The van der Waals surface area contributed by atoms with Gasteiger partial charge >= 0.3 is 0 Å². The Kier molecular flexibility index (Phi) is 3.51. The minimum absolute atomic E-state index is 0.293. The lowest BCUT2D eigenvalue weighted by molar-refractivity contribution is 0.418. The Morgan fingerprint density at radius 3 is 2.88 bits per heavy atom. The predicted molar refractivity (Wildman–Crippen MR) is 65.5 cm³/mol. The summed E-state index contributed by atoms with van der Waals surface area (Å²) in [6.45, 7) is 4.60. The van der Waals surface area contributed by atoms with Gasteiger partial charge in [-0.3, -0.25) is 10.5 Å². The Hall–Kier alpha value is -1.30. The smallest absolute Gasteiger partial charge is 0.128 e. The first kappa shape index (κ1) is 12.2. The van der Waals surface area contributed by atoms with Gasteiger partial charge in [-0.05, 0) is 26.0 Å².